The Morgan fingerprint density at radius 2 is 2.09 bits per heavy atom. The minimum Gasteiger partial charge on any atom is -0.377 e. The zero-order valence-corrected chi connectivity index (χ0v) is 13.4. The number of carbonyl (C=O) groups is 2. The molecule has 1 aromatic carbocycles. The number of para-hydroxylation sites is 1. The molecule has 0 aromatic heterocycles. The van der Waals surface area contributed by atoms with Crippen molar-refractivity contribution in [2.24, 2.45) is 0 Å². The van der Waals surface area contributed by atoms with E-state index in [-0.39, 0.29) is 17.9 Å². The molecule has 5 heteroatoms. The Hall–Kier alpha value is -2.14. The zero-order chi connectivity index (χ0) is 16.2. The summed E-state index contributed by atoms with van der Waals surface area (Å²) in [6.45, 7) is 1.75. The van der Waals surface area contributed by atoms with E-state index in [0.29, 0.717) is 32.6 Å². The third-order valence-electron chi connectivity index (χ3n) is 4.50. The zero-order valence-electron chi connectivity index (χ0n) is 13.4. The van der Waals surface area contributed by atoms with Gasteiger partial charge in [-0.1, -0.05) is 24.3 Å². The Labute approximate surface area is 136 Å². The highest BCUT2D eigenvalue weighted by molar-refractivity contribution is 6.02. The van der Waals surface area contributed by atoms with Crippen molar-refractivity contribution >= 4 is 17.5 Å². The van der Waals surface area contributed by atoms with Crippen LogP contribution in [0.5, 0.6) is 0 Å². The highest BCUT2D eigenvalue weighted by atomic mass is 16.5. The van der Waals surface area contributed by atoms with Crippen LogP contribution in [0.4, 0.5) is 5.69 Å². The smallest absolute Gasteiger partial charge is 0.250 e. The first kappa shape index (κ1) is 15.7. The molecular formula is C18H22N2O3. The molecule has 1 fully saturated rings. The summed E-state index contributed by atoms with van der Waals surface area (Å²) in [6, 6.07) is 9.26. The van der Waals surface area contributed by atoms with Gasteiger partial charge in [0.15, 0.2) is 0 Å². The predicted octanol–water partition coefficient (Wildman–Crippen LogP) is 1.99. The van der Waals surface area contributed by atoms with Gasteiger partial charge >= 0.3 is 0 Å². The second-order valence-corrected chi connectivity index (χ2v) is 5.95. The fraction of sp³-hybridized carbons (Fsp3) is 0.444. The van der Waals surface area contributed by atoms with Gasteiger partial charge in [0.05, 0.1) is 13.2 Å². The van der Waals surface area contributed by atoms with Gasteiger partial charge in [0, 0.05) is 31.3 Å². The largest absolute Gasteiger partial charge is 0.377 e. The maximum atomic E-state index is 12.8. The second-order valence-electron chi connectivity index (χ2n) is 5.95. The average Bonchev–Trinajstić information content (AvgIpc) is 2.62. The molecule has 0 radical (unpaired) electrons. The van der Waals surface area contributed by atoms with Crippen molar-refractivity contribution in [1.82, 2.24) is 4.90 Å². The molecule has 3 rings (SSSR count). The number of carbonyl (C=O) groups excluding carboxylic acids is 2. The second kappa shape index (κ2) is 6.96. The SMILES string of the molecule is CN(C(=O)C1=CCOCC1)C1CCCN(c2ccccc2)C1=O. The summed E-state index contributed by atoms with van der Waals surface area (Å²) >= 11 is 0. The van der Waals surface area contributed by atoms with Gasteiger partial charge in [-0.3, -0.25) is 9.59 Å². The van der Waals surface area contributed by atoms with Crippen LogP contribution in [0.15, 0.2) is 42.0 Å². The first-order valence-corrected chi connectivity index (χ1v) is 8.09. The Bertz CT molecular complexity index is 612. The van der Waals surface area contributed by atoms with Crippen molar-refractivity contribution in [2.75, 3.05) is 31.7 Å². The van der Waals surface area contributed by atoms with Crippen LogP contribution in [0.3, 0.4) is 0 Å². The van der Waals surface area contributed by atoms with Crippen molar-refractivity contribution in [1.29, 1.82) is 0 Å². The lowest BCUT2D eigenvalue weighted by molar-refractivity contribution is -0.136. The predicted molar refractivity (Wildman–Crippen MR) is 88.1 cm³/mol. The summed E-state index contributed by atoms with van der Waals surface area (Å²) in [5, 5.41) is 0. The molecule has 0 aliphatic carbocycles. The highest BCUT2D eigenvalue weighted by Gasteiger charge is 2.35. The van der Waals surface area contributed by atoms with Crippen LogP contribution in [-0.4, -0.2) is 49.6 Å². The number of hydrogen-bond donors (Lipinski definition) is 0. The van der Waals surface area contributed by atoms with Crippen LogP contribution < -0.4 is 4.90 Å². The lowest BCUT2D eigenvalue weighted by atomic mass is 10.0. The summed E-state index contributed by atoms with van der Waals surface area (Å²) in [5.41, 5.74) is 1.65. The maximum Gasteiger partial charge on any atom is 0.250 e. The average molecular weight is 314 g/mol. The standard InChI is InChI=1S/C18H22N2O3/c1-19(17(21)14-9-12-23-13-10-14)16-8-5-11-20(18(16)22)15-6-3-2-4-7-15/h2-4,6-7,9,16H,5,8,10-13H2,1H3. The van der Waals surface area contributed by atoms with Gasteiger partial charge in [0.25, 0.3) is 0 Å². The van der Waals surface area contributed by atoms with E-state index in [0.717, 1.165) is 17.7 Å². The molecule has 0 N–H and O–H groups in total. The molecule has 0 spiro atoms. The van der Waals surface area contributed by atoms with Crippen LogP contribution in [0, 0.1) is 0 Å². The molecule has 23 heavy (non-hydrogen) atoms. The number of piperidine rings is 1. The van der Waals surface area contributed by atoms with Crippen LogP contribution in [0.25, 0.3) is 0 Å². The number of anilines is 1. The van der Waals surface area contributed by atoms with Gasteiger partial charge in [0.2, 0.25) is 11.8 Å². The summed E-state index contributed by atoms with van der Waals surface area (Å²) in [4.78, 5) is 28.9. The van der Waals surface area contributed by atoms with Crippen LogP contribution in [-0.2, 0) is 14.3 Å². The van der Waals surface area contributed by atoms with E-state index in [1.165, 1.54) is 0 Å². The van der Waals surface area contributed by atoms with Gasteiger partial charge in [-0.05, 0) is 25.0 Å². The lowest BCUT2D eigenvalue weighted by Gasteiger charge is -2.37. The number of ether oxygens (including phenoxy) is 1. The number of likely N-dealkylation sites (N-methyl/N-ethyl adjacent to an activating group) is 1. The minimum absolute atomic E-state index is 0.00552. The number of nitrogens with zero attached hydrogens (tertiary/aromatic N) is 2. The fourth-order valence-electron chi connectivity index (χ4n) is 3.17. The van der Waals surface area contributed by atoms with Crippen molar-refractivity contribution in [3.8, 4) is 0 Å². The van der Waals surface area contributed by atoms with E-state index in [1.54, 1.807) is 16.8 Å². The molecule has 1 aromatic rings. The molecule has 0 bridgehead atoms. The first-order valence-electron chi connectivity index (χ1n) is 8.09. The van der Waals surface area contributed by atoms with Gasteiger partial charge in [-0.2, -0.15) is 0 Å². The Morgan fingerprint density at radius 1 is 1.30 bits per heavy atom. The van der Waals surface area contributed by atoms with Crippen LogP contribution >= 0.6 is 0 Å². The molecule has 0 saturated carbocycles. The Kier molecular flexibility index (Phi) is 4.76. The molecule has 1 atom stereocenters. The third-order valence-corrected chi connectivity index (χ3v) is 4.50. The van der Waals surface area contributed by atoms with E-state index in [1.807, 2.05) is 36.4 Å². The normalized spacial score (nSPS) is 21.8. The summed E-state index contributed by atoms with van der Waals surface area (Å²) < 4.78 is 5.25. The fourth-order valence-corrected chi connectivity index (χ4v) is 3.17. The van der Waals surface area contributed by atoms with Gasteiger partial charge in [0.1, 0.15) is 6.04 Å². The molecule has 1 saturated heterocycles. The van der Waals surface area contributed by atoms with Crippen molar-refractivity contribution < 1.29 is 14.3 Å². The monoisotopic (exact) mass is 314 g/mol. The van der Waals surface area contributed by atoms with E-state index in [4.69, 9.17) is 4.74 Å². The van der Waals surface area contributed by atoms with Crippen molar-refractivity contribution in [3.05, 3.63) is 42.0 Å². The molecular weight excluding hydrogens is 292 g/mol. The third kappa shape index (κ3) is 3.29. The van der Waals surface area contributed by atoms with Crippen LogP contribution in [0.1, 0.15) is 19.3 Å². The van der Waals surface area contributed by atoms with Gasteiger partial charge in [-0.25, -0.2) is 0 Å². The molecule has 2 heterocycles. The van der Waals surface area contributed by atoms with Crippen molar-refractivity contribution in [2.45, 2.75) is 25.3 Å². The molecule has 1 unspecified atom stereocenters. The van der Waals surface area contributed by atoms with E-state index < -0.39 is 0 Å². The topological polar surface area (TPSA) is 49.9 Å². The molecule has 122 valence electrons. The van der Waals surface area contributed by atoms with Gasteiger partial charge < -0.3 is 14.5 Å². The number of benzene rings is 1. The summed E-state index contributed by atoms with van der Waals surface area (Å²) in [7, 11) is 1.73. The molecule has 2 amide bonds. The molecule has 5 nitrogen and oxygen atoms in total. The first-order chi connectivity index (χ1) is 11.2. The molecule has 2 aliphatic rings. The maximum absolute atomic E-state index is 12.8. The van der Waals surface area contributed by atoms with E-state index in [9.17, 15) is 9.59 Å². The lowest BCUT2D eigenvalue weighted by Crippen LogP contribution is -2.53. The summed E-state index contributed by atoms with van der Waals surface area (Å²) in [6.07, 6.45) is 4.05. The van der Waals surface area contributed by atoms with E-state index in [2.05, 4.69) is 0 Å². The van der Waals surface area contributed by atoms with Crippen LogP contribution in [0.2, 0.25) is 0 Å². The number of rotatable bonds is 3. The van der Waals surface area contributed by atoms with Crippen molar-refractivity contribution in [3.63, 3.8) is 0 Å². The van der Waals surface area contributed by atoms with E-state index >= 15 is 0 Å². The Morgan fingerprint density at radius 3 is 2.78 bits per heavy atom. The number of amides is 2. The quantitative estimate of drug-likeness (QED) is 0.857. The minimum atomic E-state index is -0.389. The highest BCUT2D eigenvalue weighted by Crippen LogP contribution is 2.24. The van der Waals surface area contributed by atoms with Gasteiger partial charge in [-0.15, -0.1) is 0 Å². The summed E-state index contributed by atoms with van der Waals surface area (Å²) in [5.74, 6) is -0.0486. The number of hydrogen-bond acceptors (Lipinski definition) is 3. The molecule has 2 aliphatic heterocycles. The Balaban J connectivity index is 1.75.